The summed E-state index contributed by atoms with van der Waals surface area (Å²) in [6.07, 6.45) is 1.80. The number of hydrogen-bond donors (Lipinski definition) is 0. The molecule has 0 N–H and O–H groups in total. The quantitative estimate of drug-likeness (QED) is 0.769. The molecule has 0 bridgehead atoms. The SMILES string of the molecule is Cc1cc(Cl)ccc1-n1nccc1CBr. The fraction of sp³-hybridized carbons (Fsp3) is 0.182. The molecule has 0 aliphatic carbocycles. The molecule has 0 aliphatic rings. The minimum absolute atomic E-state index is 0.754. The Balaban J connectivity index is 2.54. The largest absolute Gasteiger partial charge is 0.237 e. The minimum atomic E-state index is 0.754. The van der Waals surface area contributed by atoms with Gasteiger partial charge in [-0.25, -0.2) is 4.68 Å². The van der Waals surface area contributed by atoms with E-state index < -0.39 is 0 Å². The molecule has 15 heavy (non-hydrogen) atoms. The summed E-state index contributed by atoms with van der Waals surface area (Å²) < 4.78 is 1.92. The number of aryl methyl sites for hydroxylation is 1. The average Bonchev–Trinajstić information content (AvgIpc) is 2.65. The first-order valence-electron chi connectivity index (χ1n) is 4.58. The number of benzene rings is 1. The molecule has 2 nitrogen and oxygen atoms in total. The summed E-state index contributed by atoms with van der Waals surface area (Å²) >= 11 is 9.35. The Labute approximate surface area is 102 Å². The van der Waals surface area contributed by atoms with Crippen molar-refractivity contribution in [2.75, 3.05) is 0 Å². The van der Waals surface area contributed by atoms with Crippen LogP contribution >= 0.6 is 27.5 Å². The van der Waals surface area contributed by atoms with Crippen molar-refractivity contribution in [3.05, 3.63) is 46.7 Å². The molecule has 1 aromatic heterocycles. The molecule has 1 aromatic carbocycles. The van der Waals surface area contributed by atoms with E-state index in [4.69, 9.17) is 11.6 Å². The van der Waals surface area contributed by atoms with E-state index in [9.17, 15) is 0 Å². The van der Waals surface area contributed by atoms with Crippen LogP contribution in [0.3, 0.4) is 0 Å². The van der Waals surface area contributed by atoms with Crippen LogP contribution in [0.5, 0.6) is 0 Å². The van der Waals surface area contributed by atoms with E-state index in [1.54, 1.807) is 6.20 Å². The van der Waals surface area contributed by atoms with Crippen LogP contribution < -0.4 is 0 Å². The first-order chi connectivity index (χ1) is 7.22. The van der Waals surface area contributed by atoms with Crippen LogP contribution in [0.2, 0.25) is 5.02 Å². The van der Waals surface area contributed by atoms with Gasteiger partial charge in [0.15, 0.2) is 0 Å². The van der Waals surface area contributed by atoms with Crippen LogP contribution in [0.4, 0.5) is 0 Å². The van der Waals surface area contributed by atoms with Crippen LogP contribution in [0, 0.1) is 6.92 Å². The zero-order chi connectivity index (χ0) is 10.8. The lowest BCUT2D eigenvalue weighted by Gasteiger charge is -2.08. The molecule has 2 rings (SSSR count). The van der Waals surface area contributed by atoms with Gasteiger partial charge in [-0.1, -0.05) is 27.5 Å². The van der Waals surface area contributed by atoms with E-state index in [0.29, 0.717) is 0 Å². The summed E-state index contributed by atoms with van der Waals surface area (Å²) in [6.45, 7) is 2.03. The molecule has 0 radical (unpaired) electrons. The smallest absolute Gasteiger partial charge is 0.0679 e. The van der Waals surface area contributed by atoms with Crippen molar-refractivity contribution in [1.29, 1.82) is 0 Å². The number of aromatic nitrogens is 2. The first-order valence-corrected chi connectivity index (χ1v) is 6.07. The Morgan fingerprint density at radius 1 is 1.40 bits per heavy atom. The van der Waals surface area contributed by atoms with Crippen LogP contribution in [0.1, 0.15) is 11.3 Å². The molecule has 0 saturated heterocycles. The van der Waals surface area contributed by atoms with Crippen molar-refractivity contribution < 1.29 is 0 Å². The average molecular weight is 286 g/mol. The summed E-state index contributed by atoms with van der Waals surface area (Å²) in [5, 5.41) is 5.83. The van der Waals surface area contributed by atoms with E-state index in [-0.39, 0.29) is 0 Å². The lowest BCUT2D eigenvalue weighted by molar-refractivity contribution is 0.837. The van der Waals surface area contributed by atoms with E-state index in [1.807, 2.05) is 35.9 Å². The Kier molecular flexibility index (Phi) is 3.12. The molecule has 1 heterocycles. The summed E-state index contributed by atoms with van der Waals surface area (Å²) in [4.78, 5) is 0. The van der Waals surface area contributed by atoms with Crippen molar-refractivity contribution in [1.82, 2.24) is 9.78 Å². The number of rotatable bonds is 2. The first kappa shape index (κ1) is 10.7. The van der Waals surface area contributed by atoms with Crippen LogP contribution in [0.15, 0.2) is 30.5 Å². The maximum atomic E-state index is 5.91. The van der Waals surface area contributed by atoms with E-state index in [1.165, 1.54) is 0 Å². The highest BCUT2D eigenvalue weighted by Crippen LogP contribution is 2.20. The maximum Gasteiger partial charge on any atom is 0.0679 e. The van der Waals surface area contributed by atoms with Crippen LogP contribution in [-0.4, -0.2) is 9.78 Å². The van der Waals surface area contributed by atoms with Gasteiger partial charge in [0.1, 0.15) is 0 Å². The second kappa shape index (κ2) is 4.37. The lowest BCUT2D eigenvalue weighted by Crippen LogP contribution is -2.02. The molecule has 0 amide bonds. The molecule has 78 valence electrons. The second-order valence-corrected chi connectivity index (χ2v) is 4.30. The van der Waals surface area contributed by atoms with Crippen molar-refractivity contribution in [3.8, 4) is 5.69 Å². The Bertz CT molecular complexity index is 479. The third-order valence-corrected chi connectivity index (χ3v) is 3.05. The minimum Gasteiger partial charge on any atom is -0.237 e. The van der Waals surface area contributed by atoms with E-state index in [2.05, 4.69) is 21.0 Å². The van der Waals surface area contributed by atoms with Gasteiger partial charge >= 0.3 is 0 Å². The van der Waals surface area contributed by atoms with Gasteiger partial charge in [0.05, 0.1) is 11.4 Å². The highest BCUT2D eigenvalue weighted by atomic mass is 79.9. The number of hydrogen-bond acceptors (Lipinski definition) is 1. The summed E-state index contributed by atoms with van der Waals surface area (Å²) in [5.74, 6) is 0. The highest BCUT2D eigenvalue weighted by molar-refractivity contribution is 9.08. The fourth-order valence-electron chi connectivity index (χ4n) is 1.51. The number of nitrogens with zero attached hydrogens (tertiary/aromatic N) is 2. The zero-order valence-electron chi connectivity index (χ0n) is 8.24. The third-order valence-electron chi connectivity index (χ3n) is 2.25. The zero-order valence-corrected chi connectivity index (χ0v) is 10.6. The molecule has 2 aromatic rings. The van der Waals surface area contributed by atoms with Gasteiger partial charge in [0.25, 0.3) is 0 Å². The van der Waals surface area contributed by atoms with E-state index in [0.717, 1.165) is 27.3 Å². The maximum absolute atomic E-state index is 5.91. The highest BCUT2D eigenvalue weighted by Gasteiger charge is 2.06. The molecule has 4 heteroatoms. The molecule has 0 fully saturated rings. The summed E-state index contributed by atoms with van der Waals surface area (Å²) in [5.41, 5.74) is 3.31. The number of alkyl halides is 1. The lowest BCUT2D eigenvalue weighted by atomic mass is 10.2. The molecule has 0 saturated carbocycles. The van der Waals surface area contributed by atoms with E-state index >= 15 is 0 Å². The normalized spacial score (nSPS) is 10.6. The molecular formula is C11H10BrClN2. The Morgan fingerprint density at radius 3 is 2.87 bits per heavy atom. The Hall–Kier alpha value is -0.800. The topological polar surface area (TPSA) is 17.8 Å². The predicted octanol–water partition coefficient (Wildman–Crippen LogP) is 3.73. The molecule has 0 unspecified atom stereocenters. The van der Waals surface area contributed by atoms with Crippen molar-refractivity contribution in [2.24, 2.45) is 0 Å². The molecule has 0 aliphatic heterocycles. The molecular weight excluding hydrogens is 275 g/mol. The van der Waals surface area contributed by atoms with Crippen molar-refractivity contribution in [2.45, 2.75) is 12.3 Å². The van der Waals surface area contributed by atoms with Gasteiger partial charge in [0.2, 0.25) is 0 Å². The van der Waals surface area contributed by atoms with Crippen molar-refractivity contribution >= 4 is 27.5 Å². The monoisotopic (exact) mass is 284 g/mol. The van der Waals surface area contributed by atoms with Crippen LogP contribution in [-0.2, 0) is 5.33 Å². The summed E-state index contributed by atoms with van der Waals surface area (Å²) in [7, 11) is 0. The fourth-order valence-corrected chi connectivity index (χ4v) is 2.16. The second-order valence-electron chi connectivity index (χ2n) is 3.30. The molecule has 0 spiro atoms. The van der Waals surface area contributed by atoms with Gasteiger partial charge in [-0.2, -0.15) is 5.10 Å². The van der Waals surface area contributed by atoms with Gasteiger partial charge in [0, 0.05) is 16.5 Å². The third kappa shape index (κ3) is 2.08. The predicted molar refractivity (Wildman–Crippen MR) is 65.9 cm³/mol. The van der Waals surface area contributed by atoms with Gasteiger partial charge in [-0.15, -0.1) is 0 Å². The van der Waals surface area contributed by atoms with Gasteiger partial charge < -0.3 is 0 Å². The molecule has 0 atom stereocenters. The standard InChI is InChI=1S/C11H10BrClN2/c1-8-6-9(13)2-3-11(8)15-10(7-12)4-5-14-15/h2-6H,7H2,1H3. The van der Waals surface area contributed by atoms with Gasteiger partial charge in [-0.05, 0) is 36.8 Å². The Morgan fingerprint density at radius 2 is 2.20 bits per heavy atom. The van der Waals surface area contributed by atoms with Crippen LogP contribution in [0.25, 0.3) is 5.69 Å². The van der Waals surface area contributed by atoms with Crippen molar-refractivity contribution in [3.63, 3.8) is 0 Å². The summed E-state index contributed by atoms with van der Waals surface area (Å²) in [6, 6.07) is 7.79. The number of halogens is 2. The van der Waals surface area contributed by atoms with Gasteiger partial charge in [-0.3, -0.25) is 0 Å².